The van der Waals surface area contributed by atoms with Crippen molar-refractivity contribution in [1.29, 1.82) is 0 Å². The molecule has 0 unspecified atom stereocenters. The highest BCUT2D eigenvalue weighted by atomic mass is 32.1. The number of carbonyl (C=O) groups excluding carboxylic acids is 1. The van der Waals surface area contributed by atoms with E-state index in [2.05, 4.69) is 10.3 Å². The minimum Gasteiger partial charge on any atom is -0.493 e. The highest BCUT2D eigenvalue weighted by molar-refractivity contribution is 7.15. The molecular formula is C20H25N3O3S. The maximum atomic E-state index is 12.3. The van der Waals surface area contributed by atoms with E-state index in [0.717, 1.165) is 51.3 Å². The van der Waals surface area contributed by atoms with Gasteiger partial charge in [-0.15, -0.1) is 11.3 Å². The average Bonchev–Trinajstić information content (AvgIpc) is 3.09. The fourth-order valence-electron chi connectivity index (χ4n) is 3.44. The highest BCUT2D eigenvalue weighted by Gasteiger charge is 2.31. The van der Waals surface area contributed by atoms with Gasteiger partial charge in [0.15, 0.2) is 5.13 Å². The predicted octanol–water partition coefficient (Wildman–Crippen LogP) is 3.65. The van der Waals surface area contributed by atoms with Crippen LogP contribution in [0.15, 0.2) is 36.5 Å². The summed E-state index contributed by atoms with van der Waals surface area (Å²) in [7, 11) is 0. The Kier molecular flexibility index (Phi) is 5.89. The average molecular weight is 388 g/mol. The van der Waals surface area contributed by atoms with Gasteiger partial charge in [-0.3, -0.25) is 5.32 Å². The number of para-hydroxylation sites is 1. The van der Waals surface area contributed by atoms with Gasteiger partial charge in [0.25, 0.3) is 0 Å². The van der Waals surface area contributed by atoms with Crippen molar-refractivity contribution in [2.24, 2.45) is 11.8 Å². The summed E-state index contributed by atoms with van der Waals surface area (Å²) >= 11 is 1.58. The van der Waals surface area contributed by atoms with Crippen molar-refractivity contribution in [2.75, 3.05) is 38.2 Å². The van der Waals surface area contributed by atoms with Gasteiger partial charge in [0.1, 0.15) is 5.75 Å². The molecule has 1 N–H and O–H groups in total. The molecule has 2 aromatic rings. The largest absolute Gasteiger partial charge is 0.493 e. The number of ether oxygens (including phenoxy) is 2. The summed E-state index contributed by atoms with van der Waals surface area (Å²) in [4.78, 5) is 19.7. The number of nitrogens with one attached hydrogen (secondary N) is 1. The smallest absolute Gasteiger partial charge is 0.323 e. The topological polar surface area (TPSA) is 63.7 Å². The van der Waals surface area contributed by atoms with Gasteiger partial charge in [-0.2, -0.15) is 0 Å². The van der Waals surface area contributed by atoms with Crippen molar-refractivity contribution in [1.82, 2.24) is 9.88 Å². The van der Waals surface area contributed by atoms with Gasteiger partial charge < -0.3 is 14.4 Å². The first-order valence-electron chi connectivity index (χ1n) is 9.52. The van der Waals surface area contributed by atoms with Gasteiger partial charge in [0.2, 0.25) is 0 Å². The second-order valence-electron chi connectivity index (χ2n) is 7.22. The van der Waals surface area contributed by atoms with E-state index >= 15 is 0 Å². The minimum absolute atomic E-state index is 0.0714. The molecule has 3 heterocycles. The van der Waals surface area contributed by atoms with Crippen LogP contribution in [-0.2, 0) is 11.2 Å². The number of likely N-dealkylation sites (tertiary alicyclic amines) is 1. The number of hydrogen-bond acceptors (Lipinski definition) is 5. The van der Waals surface area contributed by atoms with Crippen LogP contribution in [0.3, 0.4) is 0 Å². The van der Waals surface area contributed by atoms with Gasteiger partial charge >= 0.3 is 6.03 Å². The van der Waals surface area contributed by atoms with Crippen molar-refractivity contribution in [3.63, 3.8) is 0 Å². The molecule has 2 aliphatic rings. The van der Waals surface area contributed by atoms with Gasteiger partial charge in [0, 0.05) is 43.3 Å². The molecule has 2 aliphatic heterocycles. The lowest BCUT2D eigenvalue weighted by atomic mass is 9.96. The number of benzene rings is 1. The second-order valence-corrected chi connectivity index (χ2v) is 8.33. The first kappa shape index (κ1) is 18.3. The second kappa shape index (κ2) is 8.71. The van der Waals surface area contributed by atoms with Gasteiger partial charge in [0.05, 0.1) is 6.61 Å². The Morgan fingerprint density at radius 1 is 1.22 bits per heavy atom. The molecule has 0 saturated carbocycles. The van der Waals surface area contributed by atoms with Crippen LogP contribution in [-0.4, -0.2) is 48.8 Å². The molecule has 0 aliphatic carbocycles. The number of thiazole rings is 1. The standard InChI is InChI=1S/C20H25N3O3S/c24-20(23-12-16(13-23)14-26-17-4-2-1-3-5-17)22-19-21-11-18(27-19)10-15-6-8-25-9-7-15/h1-5,11,15-16H,6-10,12-14H2,(H,21,22,24). The number of nitrogens with zero attached hydrogens (tertiary/aromatic N) is 2. The van der Waals surface area contributed by atoms with E-state index in [1.165, 1.54) is 4.88 Å². The van der Waals surface area contributed by atoms with Gasteiger partial charge in [-0.1, -0.05) is 18.2 Å². The summed E-state index contributed by atoms with van der Waals surface area (Å²) in [6.07, 6.45) is 5.14. The Labute approximate surface area is 163 Å². The first-order chi connectivity index (χ1) is 13.3. The van der Waals surface area contributed by atoms with E-state index in [1.807, 2.05) is 36.5 Å². The van der Waals surface area contributed by atoms with Gasteiger partial charge in [-0.25, -0.2) is 9.78 Å². The molecule has 0 radical (unpaired) electrons. The minimum atomic E-state index is -0.0714. The number of hydrogen-bond donors (Lipinski definition) is 1. The Bertz CT molecular complexity index is 740. The van der Waals surface area contributed by atoms with E-state index in [4.69, 9.17) is 9.47 Å². The van der Waals surface area contributed by atoms with Crippen molar-refractivity contribution >= 4 is 22.5 Å². The Hall–Kier alpha value is -2.12. The van der Waals surface area contributed by atoms with Crippen molar-refractivity contribution < 1.29 is 14.3 Å². The van der Waals surface area contributed by atoms with Crippen LogP contribution in [0.4, 0.5) is 9.93 Å². The molecule has 0 spiro atoms. The monoisotopic (exact) mass is 387 g/mol. The third-order valence-electron chi connectivity index (χ3n) is 5.07. The van der Waals surface area contributed by atoms with E-state index in [-0.39, 0.29) is 6.03 Å². The van der Waals surface area contributed by atoms with Crippen molar-refractivity contribution in [3.05, 3.63) is 41.4 Å². The zero-order valence-electron chi connectivity index (χ0n) is 15.3. The number of urea groups is 1. The number of aromatic nitrogens is 1. The highest BCUT2D eigenvalue weighted by Crippen LogP contribution is 2.26. The van der Waals surface area contributed by atoms with Crippen LogP contribution < -0.4 is 10.1 Å². The summed E-state index contributed by atoms with van der Waals surface area (Å²) in [5, 5.41) is 3.61. The number of carbonyl (C=O) groups is 1. The molecule has 7 heteroatoms. The third-order valence-corrected chi connectivity index (χ3v) is 6.01. The van der Waals surface area contributed by atoms with E-state index in [1.54, 1.807) is 16.2 Å². The van der Waals surface area contributed by atoms with E-state index < -0.39 is 0 Å². The molecule has 1 aromatic heterocycles. The predicted molar refractivity (Wildman–Crippen MR) is 105 cm³/mol. The van der Waals surface area contributed by atoms with Crippen molar-refractivity contribution in [2.45, 2.75) is 19.3 Å². The first-order valence-corrected chi connectivity index (χ1v) is 10.3. The van der Waals surface area contributed by atoms with Crippen molar-refractivity contribution in [3.8, 4) is 5.75 Å². The number of anilines is 1. The van der Waals surface area contributed by atoms with Gasteiger partial charge in [-0.05, 0) is 37.3 Å². The SMILES string of the molecule is O=C(Nc1ncc(CC2CCOCC2)s1)N1CC(COc2ccccc2)C1. The zero-order chi connectivity index (χ0) is 18.5. The van der Waals surface area contributed by atoms with Crippen LogP contribution in [0.25, 0.3) is 0 Å². The van der Waals surface area contributed by atoms with Crippen LogP contribution in [0.2, 0.25) is 0 Å². The van der Waals surface area contributed by atoms with E-state index in [9.17, 15) is 4.79 Å². The maximum Gasteiger partial charge on any atom is 0.323 e. The zero-order valence-corrected chi connectivity index (χ0v) is 16.1. The fraction of sp³-hybridized carbons (Fsp3) is 0.500. The molecule has 2 saturated heterocycles. The fourth-order valence-corrected chi connectivity index (χ4v) is 4.35. The molecule has 0 bridgehead atoms. The number of rotatable bonds is 6. The quantitative estimate of drug-likeness (QED) is 0.822. The lowest BCUT2D eigenvalue weighted by Crippen LogP contribution is -2.53. The van der Waals surface area contributed by atoms with Crippen LogP contribution in [0, 0.1) is 11.8 Å². The molecule has 1 aromatic carbocycles. The molecule has 4 rings (SSSR count). The lowest BCUT2D eigenvalue weighted by molar-refractivity contribution is 0.0667. The number of amides is 2. The Morgan fingerprint density at radius 2 is 2.00 bits per heavy atom. The lowest BCUT2D eigenvalue weighted by Gasteiger charge is -2.38. The summed E-state index contributed by atoms with van der Waals surface area (Å²) in [5.74, 6) is 1.93. The molecule has 27 heavy (non-hydrogen) atoms. The summed E-state index contributed by atoms with van der Waals surface area (Å²) in [5.41, 5.74) is 0. The molecule has 144 valence electrons. The Balaban J connectivity index is 1.18. The summed E-state index contributed by atoms with van der Waals surface area (Å²) in [6.45, 7) is 3.80. The molecule has 2 fully saturated rings. The molecular weight excluding hydrogens is 362 g/mol. The van der Waals surface area contributed by atoms with E-state index in [0.29, 0.717) is 23.6 Å². The maximum absolute atomic E-state index is 12.3. The molecule has 6 nitrogen and oxygen atoms in total. The molecule has 0 atom stereocenters. The molecule has 2 amide bonds. The summed E-state index contributed by atoms with van der Waals surface area (Å²) < 4.78 is 11.2. The normalized spacial score (nSPS) is 18.1. The van der Waals surface area contributed by atoms with Crippen LogP contribution in [0.5, 0.6) is 5.75 Å². The third kappa shape index (κ3) is 4.99. The Morgan fingerprint density at radius 3 is 2.78 bits per heavy atom. The summed E-state index contributed by atoms with van der Waals surface area (Å²) in [6, 6.07) is 9.71. The van der Waals surface area contributed by atoms with Crippen LogP contribution in [0.1, 0.15) is 17.7 Å². The van der Waals surface area contributed by atoms with Crippen LogP contribution >= 0.6 is 11.3 Å².